The van der Waals surface area contributed by atoms with E-state index in [-0.39, 0.29) is 0 Å². The molecule has 0 aliphatic heterocycles. The van der Waals surface area contributed by atoms with Crippen molar-refractivity contribution >= 4 is 17.6 Å². The monoisotopic (exact) mass is 248 g/mol. The number of nitrogens with two attached hydrogens (primary N) is 1. The van der Waals surface area contributed by atoms with Gasteiger partial charge in [0.05, 0.1) is 5.69 Å². The number of hydrogen-bond acceptors (Lipinski definition) is 5. The average Bonchev–Trinajstić information content (AvgIpc) is 3.12. The molecule has 17 heavy (non-hydrogen) atoms. The van der Waals surface area contributed by atoms with Crippen LogP contribution in [0.5, 0.6) is 0 Å². The van der Waals surface area contributed by atoms with Gasteiger partial charge in [-0.25, -0.2) is 9.97 Å². The smallest absolute Gasteiger partial charge is 0.190 e. The maximum Gasteiger partial charge on any atom is 0.190 e. The maximum absolute atomic E-state index is 9.08. The Morgan fingerprint density at radius 1 is 1.53 bits per heavy atom. The number of nitriles is 1. The van der Waals surface area contributed by atoms with Crippen LogP contribution in [0.25, 0.3) is 0 Å². The first kappa shape index (κ1) is 12.2. The lowest BCUT2D eigenvalue weighted by atomic mass is 10.1. The number of thioether (sulfide) groups is 1. The third kappa shape index (κ3) is 2.70. The first-order valence-electron chi connectivity index (χ1n) is 5.89. The van der Waals surface area contributed by atoms with Gasteiger partial charge in [0.25, 0.3) is 0 Å². The highest BCUT2D eigenvalue weighted by atomic mass is 32.2. The van der Waals surface area contributed by atoms with E-state index < -0.39 is 0 Å². The topological polar surface area (TPSA) is 75.6 Å². The van der Waals surface area contributed by atoms with E-state index in [1.165, 1.54) is 0 Å². The number of hydrogen-bond donors (Lipinski definition) is 1. The van der Waals surface area contributed by atoms with Crippen molar-refractivity contribution in [1.29, 1.82) is 5.26 Å². The Balaban J connectivity index is 2.33. The fourth-order valence-corrected chi connectivity index (χ4v) is 2.39. The van der Waals surface area contributed by atoms with Crippen molar-refractivity contribution in [2.24, 2.45) is 0 Å². The van der Waals surface area contributed by atoms with Crippen LogP contribution in [0.3, 0.4) is 0 Å². The van der Waals surface area contributed by atoms with Crippen molar-refractivity contribution in [2.75, 3.05) is 5.73 Å². The highest BCUT2D eigenvalue weighted by molar-refractivity contribution is 7.99. The summed E-state index contributed by atoms with van der Waals surface area (Å²) in [6, 6.07) is 2.12. The first-order valence-corrected chi connectivity index (χ1v) is 6.77. The van der Waals surface area contributed by atoms with Crippen molar-refractivity contribution < 1.29 is 0 Å². The molecule has 1 saturated carbocycles. The summed E-state index contributed by atoms with van der Waals surface area (Å²) in [6.45, 7) is 4.27. The fraction of sp³-hybridized carbons (Fsp3) is 0.583. The van der Waals surface area contributed by atoms with E-state index >= 15 is 0 Å². The second-order valence-electron chi connectivity index (χ2n) is 4.37. The van der Waals surface area contributed by atoms with E-state index in [0.717, 1.165) is 25.0 Å². The van der Waals surface area contributed by atoms with Crippen LogP contribution < -0.4 is 5.73 Å². The van der Waals surface area contributed by atoms with E-state index in [9.17, 15) is 0 Å². The van der Waals surface area contributed by atoms with E-state index in [2.05, 4.69) is 29.9 Å². The predicted molar refractivity (Wildman–Crippen MR) is 68.7 cm³/mol. The summed E-state index contributed by atoms with van der Waals surface area (Å²) < 4.78 is 0. The summed E-state index contributed by atoms with van der Waals surface area (Å²) in [5, 5.41) is 10.3. The zero-order valence-electron chi connectivity index (χ0n) is 10.1. The number of aromatic nitrogens is 2. The Labute approximate surface area is 106 Å². The van der Waals surface area contributed by atoms with Gasteiger partial charge in [-0.05, 0) is 19.3 Å². The molecule has 4 nitrogen and oxygen atoms in total. The second-order valence-corrected chi connectivity index (χ2v) is 5.78. The van der Waals surface area contributed by atoms with Crippen LogP contribution in [0.4, 0.5) is 5.82 Å². The van der Waals surface area contributed by atoms with E-state index in [0.29, 0.717) is 27.7 Å². The summed E-state index contributed by atoms with van der Waals surface area (Å²) in [7, 11) is 0. The van der Waals surface area contributed by atoms with Gasteiger partial charge in [0.2, 0.25) is 0 Å². The number of nitrogens with zero attached hydrogens (tertiary/aromatic N) is 3. The fourth-order valence-electron chi connectivity index (χ4n) is 1.56. The van der Waals surface area contributed by atoms with Gasteiger partial charge in [0.15, 0.2) is 5.16 Å². The molecule has 0 aromatic carbocycles. The number of rotatable bonds is 4. The molecule has 2 N–H and O–H groups in total. The average molecular weight is 248 g/mol. The molecule has 1 heterocycles. The minimum absolute atomic E-state index is 0.329. The molecule has 0 saturated heterocycles. The molecule has 0 spiro atoms. The summed E-state index contributed by atoms with van der Waals surface area (Å²) in [6.07, 6.45) is 3.28. The third-order valence-electron chi connectivity index (χ3n) is 2.90. The van der Waals surface area contributed by atoms with Crippen LogP contribution in [0.15, 0.2) is 5.16 Å². The van der Waals surface area contributed by atoms with Crippen molar-refractivity contribution in [3.63, 3.8) is 0 Å². The Kier molecular flexibility index (Phi) is 3.53. The zero-order valence-corrected chi connectivity index (χ0v) is 10.9. The molecule has 0 bridgehead atoms. The minimum Gasteiger partial charge on any atom is -0.382 e. The molecule has 1 aliphatic carbocycles. The van der Waals surface area contributed by atoms with Gasteiger partial charge >= 0.3 is 0 Å². The van der Waals surface area contributed by atoms with Crippen molar-refractivity contribution in [3.8, 4) is 6.07 Å². The van der Waals surface area contributed by atoms with Crippen molar-refractivity contribution in [3.05, 3.63) is 11.3 Å². The number of nitrogen functional groups attached to an aromatic ring is 1. The van der Waals surface area contributed by atoms with E-state index in [1.807, 2.05) is 0 Å². The van der Waals surface area contributed by atoms with Crippen LogP contribution >= 0.6 is 11.8 Å². The van der Waals surface area contributed by atoms with Gasteiger partial charge in [0, 0.05) is 11.2 Å². The zero-order chi connectivity index (χ0) is 12.4. The molecule has 1 aliphatic rings. The van der Waals surface area contributed by atoms with Crippen LogP contribution in [-0.2, 0) is 0 Å². The lowest BCUT2D eigenvalue weighted by Crippen LogP contribution is -2.06. The lowest BCUT2D eigenvalue weighted by molar-refractivity contribution is 0.857. The van der Waals surface area contributed by atoms with Gasteiger partial charge in [-0.3, -0.25) is 0 Å². The number of anilines is 1. The van der Waals surface area contributed by atoms with Gasteiger partial charge < -0.3 is 5.73 Å². The van der Waals surface area contributed by atoms with Gasteiger partial charge in [0.1, 0.15) is 17.5 Å². The van der Waals surface area contributed by atoms with Crippen molar-refractivity contribution in [1.82, 2.24) is 9.97 Å². The molecule has 0 unspecified atom stereocenters. The van der Waals surface area contributed by atoms with Crippen LogP contribution in [0, 0.1) is 11.3 Å². The standard InChI is InChI=1S/C12H16N4S/c1-3-7(2)17-12-15-10(8-4-5-8)9(6-13)11(14)16-12/h7-8H,3-5H2,1-2H3,(H2,14,15,16)/t7-/m1/s1. The molecular formula is C12H16N4S. The normalized spacial score (nSPS) is 16.5. The first-order chi connectivity index (χ1) is 8.15. The van der Waals surface area contributed by atoms with Crippen molar-refractivity contribution in [2.45, 2.75) is 49.4 Å². The van der Waals surface area contributed by atoms with Crippen LogP contribution in [0.2, 0.25) is 0 Å². The molecule has 2 rings (SSSR count). The highest BCUT2D eigenvalue weighted by Gasteiger charge is 2.30. The largest absolute Gasteiger partial charge is 0.382 e. The third-order valence-corrected chi connectivity index (χ3v) is 4.03. The Morgan fingerprint density at radius 2 is 2.24 bits per heavy atom. The molecule has 0 amide bonds. The second kappa shape index (κ2) is 4.92. The highest BCUT2D eigenvalue weighted by Crippen LogP contribution is 2.42. The Bertz CT molecular complexity index is 462. The van der Waals surface area contributed by atoms with Crippen LogP contribution in [0.1, 0.15) is 50.3 Å². The summed E-state index contributed by atoms with van der Waals surface area (Å²) in [5.74, 6) is 0.751. The molecule has 1 aromatic heterocycles. The summed E-state index contributed by atoms with van der Waals surface area (Å²) in [4.78, 5) is 8.71. The Hall–Kier alpha value is -1.28. The molecule has 0 radical (unpaired) electrons. The van der Waals surface area contributed by atoms with E-state index in [1.54, 1.807) is 11.8 Å². The molecule has 1 aromatic rings. The molecule has 1 atom stereocenters. The predicted octanol–water partition coefficient (Wildman–Crippen LogP) is 2.70. The summed E-state index contributed by atoms with van der Waals surface area (Å²) >= 11 is 1.62. The lowest BCUT2D eigenvalue weighted by Gasteiger charge is -2.10. The summed E-state index contributed by atoms with van der Waals surface area (Å²) in [5.41, 5.74) is 7.15. The quantitative estimate of drug-likeness (QED) is 0.655. The van der Waals surface area contributed by atoms with Crippen LogP contribution in [-0.4, -0.2) is 15.2 Å². The minimum atomic E-state index is 0.329. The van der Waals surface area contributed by atoms with Gasteiger partial charge in [-0.15, -0.1) is 0 Å². The molecule has 90 valence electrons. The Morgan fingerprint density at radius 3 is 2.76 bits per heavy atom. The van der Waals surface area contributed by atoms with Gasteiger partial charge in [-0.2, -0.15) is 5.26 Å². The maximum atomic E-state index is 9.08. The molecule has 5 heteroatoms. The molecular weight excluding hydrogens is 232 g/mol. The van der Waals surface area contributed by atoms with Gasteiger partial charge in [-0.1, -0.05) is 25.6 Å². The van der Waals surface area contributed by atoms with E-state index in [4.69, 9.17) is 11.0 Å². The SMILES string of the molecule is CC[C@@H](C)Sc1nc(N)c(C#N)c(C2CC2)n1. The molecule has 1 fully saturated rings.